The molecule has 0 atom stereocenters. The molecule has 4 heteroatoms. The van der Waals surface area contributed by atoms with Gasteiger partial charge in [0.1, 0.15) is 0 Å². The zero-order valence-electron chi connectivity index (χ0n) is 13.0. The molecule has 0 aromatic heterocycles. The Hall–Kier alpha value is -0.870. The summed E-state index contributed by atoms with van der Waals surface area (Å²) in [6.45, 7) is 3.05. The van der Waals surface area contributed by atoms with E-state index < -0.39 is 0 Å². The number of ketones is 1. The highest BCUT2D eigenvalue weighted by Gasteiger charge is 2.23. The van der Waals surface area contributed by atoms with Gasteiger partial charge in [-0.2, -0.15) is 0 Å². The van der Waals surface area contributed by atoms with Crippen LogP contribution in [0.15, 0.2) is 24.3 Å². The van der Waals surface area contributed by atoms with Crippen LogP contribution in [0.2, 0.25) is 0 Å². The van der Waals surface area contributed by atoms with Gasteiger partial charge in [-0.15, -0.1) is 0 Å². The van der Waals surface area contributed by atoms with E-state index in [1.165, 1.54) is 24.9 Å². The first-order chi connectivity index (χ1) is 10.8. The van der Waals surface area contributed by atoms with Crippen LogP contribution in [0.25, 0.3) is 0 Å². The number of benzene rings is 1. The van der Waals surface area contributed by atoms with Crippen LogP contribution in [0.3, 0.4) is 0 Å². The summed E-state index contributed by atoms with van der Waals surface area (Å²) in [5.41, 5.74) is 1.99. The Labute approximate surface area is 141 Å². The highest BCUT2D eigenvalue weighted by atomic mass is 79.9. The molecule has 3 rings (SSSR count). The van der Waals surface area contributed by atoms with Crippen LogP contribution in [0.5, 0.6) is 0 Å². The zero-order valence-corrected chi connectivity index (χ0v) is 14.6. The molecule has 2 aliphatic rings. The summed E-state index contributed by atoms with van der Waals surface area (Å²) >= 11 is 3.21. The van der Waals surface area contributed by atoms with E-state index in [4.69, 9.17) is 4.74 Å². The van der Waals surface area contributed by atoms with Gasteiger partial charge in [0.25, 0.3) is 0 Å². The van der Waals surface area contributed by atoms with Crippen LogP contribution >= 0.6 is 15.9 Å². The molecule has 1 aromatic rings. The number of carbonyl (C=O) groups excluding carboxylic acids is 1. The van der Waals surface area contributed by atoms with E-state index in [0.717, 1.165) is 44.0 Å². The molecular formula is C18H24BrNO2. The van der Waals surface area contributed by atoms with E-state index in [1.807, 2.05) is 12.1 Å². The minimum atomic E-state index is 0.134. The van der Waals surface area contributed by atoms with Crippen molar-refractivity contribution >= 4 is 27.4 Å². The molecule has 0 spiro atoms. The largest absolute Gasteiger partial charge is 0.378 e. The number of anilines is 1. The molecule has 2 fully saturated rings. The topological polar surface area (TPSA) is 29.5 Å². The Bertz CT molecular complexity index is 490. The Kier molecular flexibility index (Phi) is 5.53. The Morgan fingerprint density at radius 2 is 1.82 bits per heavy atom. The smallest absolute Gasteiger partial charge is 0.173 e. The predicted octanol–water partition coefficient (Wildman–Crippen LogP) is 4.05. The van der Waals surface area contributed by atoms with Crippen molar-refractivity contribution in [2.75, 3.05) is 29.9 Å². The van der Waals surface area contributed by atoms with E-state index in [-0.39, 0.29) is 5.78 Å². The molecule has 1 saturated heterocycles. The normalized spacial score (nSPS) is 20.0. The summed E-state index contributed by atoms with van der Waals surface area (Å²) in [6, 6.07) is 7.98. The van der Waals surface area contributed by atoms with Gasteiger partial charge in [0, 0.05) is 30.9 Å². The number of rotatable bonds is 6. The second-order valence-corrected chi connectivity index (χ2v) is 6.98. The quantitative estimate of drug-likeness (QED) is 0.562. The Balaban J connectivity index is 1.47. The van der Waals surface area contributed by atoms with Crippen LogP contribution in [-0.4, -0.2) is 36.9 Å². The number of halogens is 1. The average Bonchev–Trinajstić information content (AvgIpc) is 2.53. The minimum Gasteiger partial charge on any atom is -0.378 e. The molecule has 0 N–H and O–H groups in total. The first-order valence-corrected chi connectivity index (χ1v) is 9.44. The van der Waals surface area contributed by atoms with Gasteiger partial charge in [-0.25, -0.2) is 0 Å². The molecule has 1 heterocycles. The molecule has 0 unspecified atom stereocenters. The molecule has 0 radical (unpaired) electrons. The fourth-order valence-corrected chi connectivity index (χ4v) is 3.47. The van der Waals surface area contributed by atoms with Crippen LogP contribution in [-0.2, 0) is 4.74 Å². The van der Waals surface area contributed by atoms with Gasteiger partial charge in [-0.05, 0) is 55.9 Å². The van der Waals surface area contributed by atoms with Crippen molar-refractivity contribution in [3.63, 3.8) is 0 Å². The van der Waals surface area contributed by atoms with Gasteiger partial charge < -0.3 is 9.64 Å². The number of piperidine rings is 1. The molecule has 0 bridgehead atoms. The molecule has 1 aromatic carbocycles. The molecule has 3 nitrogen and oxygen atoms in total. The fraction of sp³-hybridized carbons (Fsp3) is 0.611. The lowest BCUT2D eigenvalue weighted by molar-refractivity contribution is -0.000937. The number of ether oxygens (including phenoxy) is 1. The number of hydrogen-bond donors (Lipinski definition) is 0. The number of nitrogens with zero attached hydrogens (tertiary/aromatic N) is 1. The van der Waals surface area contributed by atoms with Gasteiger partial charge in [0.15, 0.2) is 5.78 Å². The Morgan fingerprint density at radius 1 is 1.14 bits per heavy atom. The third-order valence-electron chi connectivity index (χ3n) is 4.91. The minimum absolute atomic E-state index is 0.134. The molecular weight excluding hydrogens is 342 g/mol. The summed E-state index contributed by atoms with van der Waals surface area (Å²) in [4.78, 5) is 14.0. The zero-order chi connectivity index (χ0) is 15.4. The van der Waals surface area contributed by atoms with Crippen LogP contribution in [0.1, 0.15) is 42.5 Å². The maximum Gasteiger partial charge on any atom is 0.173 e. The highest BCUT2D eigenvalue weighted by molar-refractivity contribution is 9.09. The second kappa shape index (κ2) is 7.60. The van der Waals surface area contributed by atoms with Gasteiger partial charge >= 0.3 is 0 Å². The number of Topliss-reactive ketones (excluding diaryl/α,β-unsaturated/α-hetero) is 1. The maximum atomic E-state index is 11.6. The van der Waals surface area contributed by atoms with Gasteiger partial charge in [0.2, 0.25) is 0 Å². The van der Waals surface area contributed by atoms with E-state index >= 15 is 0 Å². The van der Waals surface area contributed by atoms with Gasteiger partial charge in [-0.3, -0.25) is 4.79 Å². The van der Waals surface area contributed by atoms with Crippen molar-refractivity contribution in [3.8, 4) is 0 Å². The summed E-state index contributed by atoms with van der Waals surface area (Å²) in [5, 5.41) is 0.385. The monoisotopic (exact) mass is 365 g/mol. The molecule has 22 heavy (non-hydrogen) atoms. The number of carbonyl (C=O) groups is 1. The van der Waals surface area contributed by atoms with Crippen LogP contribution in [0, 0.1) is 5.92 Å². The van der Waals surface area contributed by atoms with E-state index in [9.17, 15) is 4.79 Å². The Morgan fingerprint density at radius 3 is 2.36 bits per heavy atom. The molecule has 120 valence electrons. The van der Waals surface area contributed by atoms with Crippen molar-refractivity contribution in [3.05, 3.63) is 29.8 Å². The summed E-state index contributed by atoms with van der Waals surface area (Å²) < 4.78 is 6.06. The SMILES string of the molecule is O=C(CBr)c1ccc(N2CCC(OCC3CCC3)CC2)cc1. The van der Waals surface area contributed by atoms with Crippen molar-refractivity contribution in [1.82, 2.24) is 0 Å². The summed E-state index contributed by atoms with van der Waals surface area (Å²) in [6.07, 6.45) is 6.76. The van der Waals surface area contributed by atoms with E-state index in [0.29, 0.717) is 11.4 Å². The van der Waals surface area contributed by atoms with Crippen LogP contribution < -0.4 is 4.90 Å². The molecule has 1 saturated carbocycles. The van der Waals surface area contributed by atoms with Crippen molar-refractivity contribution < 1.29 is 9.53 Å². The van der Waals surface area contributed by atoms with E-state index in [2.05, 4.69) is 33.0 Å². The average molecular weight is 366 g/mol. The molecule has 1 aliphatic heterocycles. The van der Waals surface area contributed by atoms with Crippen molar-refractivity contribution in [2.24, 2.45) is 5.92 Å². The number of alkyl halides is 1. The molecule has 0 amide bonds. The highest BCUT2D eigenvalue weighted by Crippen LogP contribution is 2.28. The maximum absolute atomic E-state index is 11.6. The standard InChI is InChI=1S/C18H24BrNO2/c19-12-18(21)15-4-6-16(7-5-15)20-10-8-17(9-11-20)22-13-14-2-1-3-14/h4-7,14,17H,1-3,8-13H2. The van der Waals surface area contributed by atoms with Gasteiger partial charge in [0.05, 0.1) is 11.4 Å². The summed E-state index contributed by atoms with van der Waals surface area (Å²) in [5.74, 6) is 0.965. The third kappa shape index (κ3) is 3.90. The lowest BCUT2D eigenvalue weighted by atomic mass is 9.86. The van der Waals surface area contributed by atoms with Crippen molar-refractivity contribution in [1.29, 1.82) is 0 Å². The van der Waals surface area contributed by atoms with Crippen molar-refractivity contribution in [2.45, 2.75) is 38.2 Å². The third-order valence-corrected chi connectivity index (χ3v) is 5.42. The lowest BCUT2D eigenvalue weighted by Gasteiger charge is -2.35. The summed E-state index contributed by atoms with van der Waals surface area (Å²) in [7, 11) is 0. The van der Waals surface area contributed by atoms with Crippen LogP contribution in [0.4, 0.5) is 5.69 Å². The first-order valence-electron chi connectivity index (χ1n) is 8.32. The fourth-order valence-electron chi connectivity index (χ4n) is 3.15. The van der Waals surface area contributed by atoms with E-state index in [1.54, 1.807) is 0 Å². The van der Waals surface area contributed by atoms with Gasteiger partial charge in [-0.1, -0.05) is 22.4 Å². The second-order valence-electron chi connectivity index (χ2n) is 6.42. The lowest BCUT2D eigenvalue weighted by Crippen LogP contribution is -2.38. The molecule has 1 aliphatic carbocycles. The number of hydrogen-bond acceptors (Lipinski definition) is 3. The first kappa shape index (κ1) is 16.0. The predicted molar refractivity (Wildman–Crippen MR) is 93.1 cm³/mol.